The van der Waals surface area contributed by atoms with Crippen molar-refractivity contribution in [2.45, 2.75) is 18.0 Å². The van der Waals surface area contributed by atoms with E-state index >= 15 is 0 Å². The largest absolute Gasteiger partial charge is 0.417 e. The van der Waals surface area contributed by atoms with Crippen molar-refractivity contribution in [3.05, 3.63) is 52.3 Å². The van der Waals surface area contributed by atoms with Gasteiger partial charge >= 0.3 is 6.18 Å². The van der Waals surface area contributed by atoms with E-state index in [1.165, 1.54) is 0 Å². The molecule has 2 aliphatic rings. The predicted molar refractivity (Wildman–Crippen MR) is 112 cm³/mol. The molecule has 0 spiro atoms. The van der Waals surface area contributed by atoms with Gasteiger partial charge in [-0.25, -0.2) is 0 Å². The standard InChI is InChI=1S/C21H20Cl2F3N3O2/c1-28-13(10-17-18(28)8-12(11-27-17)21(24,25)26)9-15-16(22)3-2-14(19(15)23)20(30)29-4-6-31-7-5-29/h2-3,8,10-11,15-16H,4-7,9H2,1H3. The summed E-state index contributed by atoms with van der Waals surface area (Å²) < 4.78 is 46.1. The molecule has 2 aromatic heterocycles. The van der Waals surface area contributed by atoms with E-state index in [2.05, 4.69) is 4.98 Å². The lowest BCUT2D eigenvalue weighted by Crippen LogP contribution is -2.42. The Hall–Kier alpha value is -2.03. The molecule has 2 aromatic rings. The lowest BCUT2D eigenvalue weighted by molar-refractivity contribution is -0.137. The maximum absolute atomic E-state index is 13.1. The van der Waals surface area contributed by atoms with Gasteiger partial charge in [-0.2, -0.15) is 13.2 Å². The molecule has 0 saturated carbocycles. The highest BCUT2D eigenvalue weighted by Gasteiger charge is 2.33. The third kappa shape index (κ3) is 4.33. The van der Waals surface area contributed by atoms with Crippen LogP contribution in [0.1, 0.15) is 11.3 Å². The molecule has 4 rings (SSSR count). The average Bonchev–Trinajstić information content (AvgIpc) is 3.05. The topological polar surface area (TPSA) is 47.4 Å². The van der Waals surface area contributed by atoms with Crippen LogP contribution in [0.4, 0.5) is 13.2 Å². The Balaban J connectivity index is 1.63. The lowest BCUT2D eigenvalue weighted by atomic mass is 9.90. The summed E-state index contributed by atoms with van der Waals surface area (Å²) in [6.45, 7) is 1.94. The Morgan fingerprint density at radius 3 is 2.68 bits per heavy atom. The van der Waals surface area contributed by atoms with Crippen LogP contribution in [0, 0.1) is 5.92 Å². The maximum atomic E-state index is 13.1. The Labute approximate surface area is 187 Å². The Morgan fingerprint density at radius 1 is 1.29 bits per heavy atom. The van der Waals surface area contributed by atoms with Crippen molar-refractivity contribution >= 4 is 40.1 Å². The van der Waals surface area contributed by atoms with Crippen LogP contribution in [0.5, 0.6) is 0 Å². The zero-order valence-corrected chi connectivity index (χ0v) is 18.1. The highest BCUT2D eigenvalue weighted by atomic mass is 35.5. The molecule has 0 N–H and O–H groups in total. The van der Waals surface area contributed by atoms with Crippen LogP contribution >= 0.6 is 23.2 Å². The van der Waals surface area contributed by atoms with E-state index in [9.17, 15) is 18.0 Å². The number of aromatic nitrogens is 2. The van der Waals surface area contributed by atoms with Gasteiger partial charge in [-0.3, -0.25) is 9.78 Å². The number of fused-ring (bicyclic) bond motifs is 1. The maximum Gasteiger partial charge on any atom is 0.417 e. The summed E-state index contributed by atoms with van der Waals surface area (Å²) in [5.74, 6) is -0.565. The van der Waals surface area contributed by atoms with Crippen LogP contribution < -0.4 is 0 Å². The fraction of sp³-hybridized carbons (Fsp3) is 0.429. The van der Waals surface area contributed by atoms with Crippen LogP contribution in [0.3, 0.4) is 0 Å². The quantitative estimate of drug-likeness (QED) is 0.625. The summed E-state index contributed by atoms with van der Waals surface area (Å²) >= 11 is 13.1. The molecule has 0 aromatic carbocycles. The van der Waals surface area contributed by atoms with E-state index in [1.54, 1.807) is 34.7 Å². The number of ether oxygens (including phenoxy) is 1. The fourth-order valence-electron chi connectivity index (χ4n) is 3.88. The zero-order valence-electron chi connectivity index (χ0n) is 16.6. The van der Waals surface area contributed by atoms with Gasteiger partial charge < -0.3 is 14.2 Å². The van der Waals surface area contributed by atoms with Crippen molar-refractivity contribution in [3.8, 4) is 0 Å². The molecule has 2 unspecified atom stereocenters. The SMILES string of the molecule is Cn1c(CC2C(Cl)=C(C(=O)N3CCOCC3)C=CC2Cl)cc2ncc(C(F)(F)F)cc21. The van der Waals surface area contributed by atoms with E-state index in [1.807, 2.05) is 0 Å². The number of allylic oxidation sites excluding steroid dienone is 2. The molecule has 0 bridgehead atoms. The Morgan fingerprint density at radius 2 is 2.00 bits per heavy atom. The van der Waals surface area contributed by atoms with Gasteiger partial charge in [0, 0.05) is 43.0 Å². The molecular weight excluding hydrogens is 454 g/mol. The average molecular weight is 474 g/mol. The Kier molecular flexibility index (Phi) is 6.07. The zero-order chi connectivity index (χ0) is 22.3. The van der Waals surface area contributed by atoms with Crippen molar-refractivity contribution in [3.63, 3.8) is 0 Å². The monoisotopic (exact) mass is 473 g/mol. The molecule has 5 nitrogen and oxygen atoms in total. The van der Waals surface area contributed by atoms with Crippen LogP contribution in [-0.2, 0) is 29.2 Å². The minimum atomic E-state index is -4.47. The molecule has 166 valence electrons. The number of amides is 1. The Bertz CT molecular complexity index is 1070. The minimum absolute atomic E-state index is 0.174. The highest BCUT2D eigenvalue weighted by Crippen LogP contribution is 2.37. The predicted octanol–water partition coefficient (Wildman–Crippen LogP) is 4.28. The van der Waals surface area contributed by atoms with Crippen LogP contribution in [0.25, 0.3) is 11.0 Å². The summed E-state index contributed by atoms with van der Waals surface area (Å²) in [5.41, 5.74) is 1.13. The van der Waals surface area contributed by atoms with Gasteiger partial charge in [-0.15, -0.1) is 11.6 Å². The smallest absolute Gasteiger partial charge is 0.378 e. The number of carbonyl (C=O) groups is 1. The summed E-state index contributed by atoms with van der Waals surface area (Å²) in [6, 6.07) is 2.81. The molecule has 1 fully saturated rings. The van der Waals surface area contributed by atoms with Gasteiger partial charge in [-0.1, -0.05) is 23.8 Å². The number of nitrogens with zero attached hydrogens (tertiary/aromatic N) is 3. The van der Waals surface area contributed by atoms with Crippen LogP contribution in [0.15, 0.2) is 41.1 Å². The number of hydrogen-bond acceptors (Lipinski definition) is 3. The number of morpholine rings is 1. The third-order valence-electron chi connectivity index (χ3n) is 5.69. The second-order valence-electron chi connectivity index (χ2n) is 7.60. The second-order valence-corrected chi connectivity index (χ2v) is 8.51. The van der Waals surface area contributed by atoms with Gasteiger partial charge in [-0.05, 0) is 18.6 Å². The molecular formula is C21H20Cl2F3N3O2. The molecule has 0 radical (unpaired) electrons. The van der Waals surface area contributed by atoms with Gasteiger partial charge in [0.05, 0.1) is 40.8 Å². The van der Waals surface area contributed by atoms with Gasteiger partial charge in [0.1, 0.15) is 0 Å². The van der Waals surface area contributed by atoms with Crippen molar-refractivity contribution in [1.82, 2.24) is 14.5 Å². The van der Waals surface area contributed by atoms with E-state index in [0.717, 1.165) is 18.0 Å². The van der Waals surface area contributed by atoms with Gasteiger partial charge in [0.2, 0.25) is 0 Å². The molecule has 2 atom stereocenters. The number of pyridine rings is 1. The second kappa shape index (κ2) is 8.48. The lowest BCUT2D eigenvalue weighted by Gasteiger charge is -2.30. The fourth-order valence-corrected chi connectivity index (χ4v) is 4.59. The summed E-state index contributed by atoms with van der Waals surface area (Å²) in [4.78, 5) is 18.6. The first-order chi connectivity index (χ1) is 14.7. The number of rotatable bonds is 3. The molecule has 31 heavy (non-hydrogen) atoms. The van der Waals surface area contributed by atoms with Crippen LogP contribution in [-0.4, -0.2) is 52.0 Å². The number of hydrogen-bond donors (Lipinski definition) is 0. The van der Waals surface area contributed by atoms with E-state index in [0.29, 0.717) is 54.4 Å². The van der Waals surface area contributed by atoms with E-state index in [4.69, 9.17) is 27.9 Å². The molecule has 1 aliphatic carbocycles. The summed E-state index contributed by atoms with van der Waals surface area (Å²) in [5, 5.41) is -0.0985. The third-order valence-corrected chi connectivity index (χ3v) is 6.63. The normalized spacial score (nSPS) is 22.5. The van der Waals surface area contributed by atoms with E-state index in [-0.39, 0.29) is 5.91 Å². The molecule has 3 heterocycles. The summed E-state index contributed by atoms with van der Waals surface area (Å²) in [7, 11) is 1.68. The molecule has 1 saturated heterocycles. The van der Waals surface area contributed by atoms with Crippen LogP contribution in [0.2, 0.25) is 0 Å². The number of aryl methyl sites for hydroxylation is 1. The van der Waals surface area contributed by atoms with Crippen molar-refractivity contribution < 1.29 is 22.7 Å². The minimum Gasteiger partial charge on any atom is -0.378 e. The first-order valence-corrected chi connectivity index (χ1v) is 10.6. The number of halogens is 5. The van der Waals surface area contributed by atoms with Gasteiger partial charge in [0.25, 0.3) is 5.91 Å². The highest BCUT2D eigenvalue weighted by molar-refractivity contribution is 6.34. The first-order valence-electron chi connectivity index (χ1n) is 9.77. The molecule has 10 heteroatoms. The van der Waals surface area contributed by atoms with E-state index < -0.39 is 23.0 Å². The van der Waals surface area contributed by atoms with Crippen molar-refractivity contribution in [2.75, 3.05) is 26.3 Å². The van der Waals surface area contributed by atoms with Crippen molar-refractivity contribution in [2.24, 2.45) is 13.0 Å². The van der Waals surface area contributed by atoms with Crippen molar-refractivity contribution in [1.29, 1.82) is 0 Å². The number of carbonyl (C=O) groups excluding carboxylic acids is 1. The molecule has 1 amide bonds. The molecule has 1 aliphatic heterocycles. The number of alkyl halides is 4. The summed E-state index contributed by atoms with van der Waals surface area (Å²) in [6.07, 6.45) is 0.0838. The first kappa shape index (κ1) is 22.2. The van der Waals surface area contributed by atoms with Gasteiger partial charge in [0.15, 0.2) is 0 Å².